The third kappa shape index (κ3) is 4.04. The molecule has 0 amide bonds. The Morgan fingerprint density at radius 2 is 1.97 bits per heavy atom. The Labute approximate surface area is 179 Å². The molecule has 2 N–H and O–H groups in total. The quantitative estimate of drug-likeness (QED) is 0.404. The van der Waals surface area contributed by atoms with Crippen LogP contribution in [0.5, 0.6) is 11.5 Å². The minimum absolute atomic E-state index is 0.111. The maximum Gasteiger partial charge on any atom is 0.336 e. The molecule has 1 aliphatic rings. The maximum absolute atomic E-state index is 13.0. The Kier molecular flexibility index (Phi) is 5.88. The summed E-state index contributed by atoms with van der Waals surface area (Å²) in [6.45, 7) is 9.56. The molecular weight excluding hydrogens is 404 g/mol. The summed E-state index contributed by atoms with van der Waals surface area (Å²) in [4.78, 5) is 37.1. The molecule has 0 aliphatic carbocycles. The SMILES string of the molecule is CCC(OC(C)=O)c1cc(=O)oc2c(C(=O)C(C)C)c(O)c3c(c12)OC(C(C)(C)O)C3. The zero-order valence-corrected chi connectivity index (χ0v) is 18.6. The molecule has 8 heteroatoms. The van der Waals surface area contributed by atoms with Gasteiger partial charge in [0.25, 0.3) is 0 Å². The number of phenolic OH excluding ortho intramolecular Hbond substituents is 1. The molecule has 168 valence electrons. The second kappa shape index (κ2) is 8.00. The van der Waals surface area contributed by atoms with Crippen molar-refractivity contribution in [3.8, 4) is 11.5 Å². The number of rotatable bonds is 6. The van der Waals surface area contributed by atoms with E-state index in [4.69, 9.17) is 13.9 Å². The molecule has 0 bridgehead atoms. The first-order valence-corrected chi connectivity index (χ1v) is 10.3. The molecule has 2 aromatic rings. The van der Waals surface area contributed by atoms with Crippen LogP contribution in [0.15, 0.2) is 15.3 Å². The normalized spacial score (nSPS) is 16.8. The number of Topliss-reactive ketones (excluding diaryl/α,β-unsaturated/α-hetero) is 1. The van der Waals surface area contributed by atoms with Gasteiger partial charge in [-0.3, -0.25) is 9.59 Å². The zero-order valence-electron chi connectivity index (χ0n) is 18.6. The van der Waals surface area contributed by atoms with Crippen LogP contribution >= 0.6 is 0 Å². The molecule has 0 radical (unpaired) electrons. The van der Waals surface area contributed by atoms with E-state index in [1.54, 1.807) is 34.6 Å². The summed E-state index contributed by atoms with van der Waals surface area (Å²) in [7, 11) is 0. The van der Waals surface area contributed by atoms with Crippen LogP contribution in [0.3, 0.4) is 0 Å². The lowest BCUT2D eigenvalue weighted by atomic mass is 9.90. The molecule has 0 spiro atoms. The molecule has 2 unspecified atom stereocenters. The van der Waals surface area contributed by atoms with Crippen molar-refractivity contribution in [3.05, 3.63) is 33.2 Å². The van der Waals surface area contributed by atoms with Crippen LogP contribution in [0.2, 0.25) is 0 Å². The summed E-state index contributed by atoms with van der Waals surface area (Å²) in [6.07, 6.45) is -0.975. The largest absolute Gasteiger partial charge is 0.507 e. The zero-order chi connectivity index (χ0) is 23.2. The van der Waals surface area contributed by atoms with E-state index in [1.807, 2.05) is 0 Å². The van der Waals surface area contributed by atoms with E-state index in [1.165, 1.54) is 13.0 Å². The van der Waals surface area contributed by atoms with Gasteiger partial charge in [0, 0.05) is 36.5 Å². The highest BCUT2D eigenvalue weighted by molar-refractivity contribution is 6.12. The maximum atomic E-state index is 13.0. The Morgan fingerprint density at radius 3 is 2.48 bits per heavy atom. The average molecular weight is 432 g/mol. The summed E-state index contributed by atoms with van der Waals surface area (Å²) < 4.78 is 16.8. The molecule has 1 aliphatic heterocycles. The number of ketones is 1. The highest BCUT2D eigenvalue weighted by Crippen LogP contribution is 2.49. The third-order valence-electron chi connectivity index (χ3n) is 5.48. The van der Waals surface area contributed by atoms with Crippen LogP contribution in [-0.4, -0.2) is 33.7 Å². The minimum Gasteiger partial charge on any atom is -0.507 e. The number of benzene rings is 1. The van der Waals surface area contributed by atoms with Crippen molar-refractivity contribution in [1.29, 1.82) is 0 Å². The van der Waals surface area contributed by atoms with Gasteiger partial charge in [0.05, 0.1) is 11.0 Å². The Balaban J connectivity index is 2.45. The fourth-order valence-electron chi connectivity index (χ4n) is 3.86. The fourth-order valence-corrected chi connectivity index (χ4v) is 3.86. The summed E-state index contributed by atoms with van der Waals surface area (Å²) in [5, 5.41) is 21.8. The van der Waals surface area contributed by atoms with E-state index in [0.29, 0.717) is 17.5 Å². The lowest BCUT2D eigenvalue weighted by Gasteiger charge is -2.25. The monoisotopic (exact) mass is 432 g/mol. The first-order chi connectivity index (χ1) is 14.4. The summed E-state index contributed by atoms with van der Waals surface area (Å²) in [5.41, 5.74) is -1.54. The first kappa shape index (κ1) is 22.8. The van der Waals surface area contributed by atoms with E-state index in [-0.39, 0.29) is 34.5 Å². The minimum atomic E-state index is -1.24. The van der Waals surface area contributed by atoms with E-state index in [9.17, 15) is 24.6 Å². The Hall–Kier alpha value is -2.87. The summed E-state index contributed by atoms with van der Waals surface area (Å²) >= 11 is 0. The third-order valence-corrected chi connectivity index (χ3v) is 5.48. The average Bonchev–Trinajstić information content (AvgIpc) is 3.11. The molecule has 3 rings (SSSR count). The molecule has 0 fully saturated rings. The van der Waals surface area contributed by atoms with E-state index in [0.717, 1.165) is 0 Å². The standard InChI is InChI=1S/C23H28O8/c1-7-14(29-11(4)24)12-9-16(25)31-22-17(12)21-13(8-15(30-21)23(5,6)28)20(27)18(22)19(26)10(2)3/h9-10,14-15,27-28H,7-8H2,1-6H3. The van der Waals surface area contributed by atoms with E-state index < -0.39 is 41.1 Å². The second-order valence-electron chi connectivity index (χ2n) is 8.75. The predicted octanol–water partition coefficient (Wildman–Crippen LogP) is 3.43. The number of phenols is 1. The topological polar surface area (TPSA) is 123 Å². The number of carbonyl (C=O) groups excluding carboxylic acids is 2. The van der Waals surface area contributed by atoms with Gasteiger partial charge in [-0.25, -0.2) is 4.79 Å². The number of aliphatic hydroxyl groups is 1. The van der Waals surface area contributed by atoms with E-state index in [2.05, 4.69) is 0 Å². The lowest BCUT2D eigenvalue weighted by molar-refractivity contribution is -0.146. The molecule has 8 nitrogen and oxygen atoms in total. The van der Waals surface area contributed by atoms with Gasteiger partial charge in [0.15, 0.2) is 11.4 Å². The van der Waals surface area contributed by atoms with Gasteiger partial charge in [-0.05, 0) is 20.3 Å². The van der Waals surface area contributed by atoms with Crippen LogP contribution in [0.25, 0.3) is 11.0 Å². The number of esters is 1. The van der Waals surface area contributed by atoms with Gasteiger partial charge >= 0.3 is 11.6 Å². The predicted molar refractivity (Wildman–Crippen MR) is 113 cm³/mol. The van der Waals surface area contributed by atoms with E-state index >= 15 is 0 Å². The number of hydrogen-bond acceptors (Lipinski definition) is 8. The van der Waals surface area contributed by atoms with Gasteiger partial charge in [-0.1, -0.05) is 20.8 Å². The molecule has 0 saturated heterocycles. The molecule has 1 aromatic carbocycles. The molecule has 1 aromatic heterocycles. The number of aromatic hydroxyl groups is 1. The highest BCUT2D eigenvalue weighted by atomic mass is 16.5. The van der Waals surface area contributed by atoms with Crippen molar-refractivity contribution >= 4 is 22.7 Å². The Morgan fingerprint density at radius 1 is 1.32 bits per heavy atom. The van der Waals surface area contributed by atoms with Crippen LogP contribution in [0.1, 0.15) is 75.6 Å². The van der Waals surface area contributed by atoms with Gasteiger partial charge in [0.1, 0.15) is 29.3 Å². The smallest absolute Gasteiger partial charge is 0.336 e. The van der Waals surface area contributed by atoms with Gasteiger partial charge in [-0.2, -0.15) is 0 Å². The van der Waals surface area contributed by atoms with Crippen molar-refractivity contribution in [2.24, 2.45) is 5.92 Å². The van der Waals surface area contributed by atoms with Crippen LogP contribution in [0, 0.1) is 5.92 Å². The number of ether oxygens (including phenoxy) is 2. The van der Waals surface area contributed by atoms with Crippen molar-refractivity contribution in [2.45, 2.75) is 72.2 Å². The van der Waals surface area contributed by atoms with Crippen molar-refractivity contribution in [3.63, 3.8) is 0 Å². The van der Waals surface area contributed by atoms with Crippen molar-refractivity contribution in [1.82, 2.24) is 0 Å². The van der Waals surface area contributed by atoms with Gasteiger partial charge in [0.2, 0.25) is 0 Å². The highest BCUT2D eigenvalue weighted by Gasteiger charge is 2.41. The van der Waals surface area contributed by atoms with Gasteiger partial charge < -0.3 is 24.1 Å². The second-order valence-corrected chi connectivity index (χ2v) is 8.75. The molecular formula is C23H28O8. The fraction of sp³-hybridized carbons (Fsp3) is 0.522. The number of carbonyl (C=O) groups is 2. The molecule has 2 heterocycles. The number of hydrogen-bond donors (Lipinski definition) is 2. The lowest BCUT2D eigenvalue weighted by Crippen LogP contribution is -2.39. The van der Waals surface area contributed by atoms with Crippen LogP contribution < -0.4 is 10.4 Å². The number of fused-ring (bicyclic) bond motifs is 3. The molecule has 0 saturated carbocycles. The molecule has 31 heavy (non-hydrogen) atoms. The van der Waals surface area contributed by atoms with Crippen molar-refractivity contribution < 1.29 is 33.7 Å². The first-order valence-electron chi connectivity index (χ1n) is 10.3. The van der Waals surface area contributed by atoms with Crippen molar-refractivity contribution in [2.75, 3.05) is 0 Å². The van der Waals surface area contributed by atoms with Gasteiger partial charge in [-0.15, -0.1) is 0 Å². The summed E-state index contributed by atoms with van der Waals surface area (Å²) in [5.74, 6) is -1.53. The van der Waals surface area contributed by atoms with Crippen LogP contribution in [-0.2, 0) is 16.0 Å². The Bertz CT molecular complexity index is 1100. The molecule has 2 atom stereocenters. The summed E-state index contributed by atoms with van der Waals surface area (Å²) in [6, 6.07) is 1.21. The van der Waals surface area contributed by atoms with Crippen LogP contribution in [0.4, 0.5) is 0 Å².